The number of carbonyl (C=O) groups excluding carboxylic acids is 2. The lowest BCUT2D eigenvalue weighted by Crippen LogP contribution is -2.26. The molecular weight excluding hydrogens is 360 g/mol. The lowest BCUT2D eigenvalue weighted by atomic mass is 10.1. The van der Waals surface area contributed by atoms with Crippen molar-refractivity contribution in [1.82, 2.24) is 10.3 Å². The molecule has 3 rings (SSSR count). The van der Waals surface area contributed by atoms with Crippen LogP contribution < -0.4 is 16.0 Å². The van der Waals surface area contributed by atoms with Crippen LogP contribution in [0.15, 0.2) is 60.8 Å². The Balaban J connectivity index is 1.56. The Hall–Kier alpha value is -3.19. The fourth-order valence-corrected chi connectivity index (χ4v) is 3.17. The maximum atomic E-state index is 12.2. The molecule has 0 bridgehead atoms. The summed E-state index contributed by atoms with van der Waals surface area (Å²) in [5.41, 5.74) is 2.34. The molecule has 3 N–H and O–H groups in total. The molecule has 6 nitrogen and oxygen atoms in total. The van der Waals surface area contributed by atoms with E-state index in [1.54, 1.807) is 18.3 Å². The number of urea groups is 1. The second-order valence-electron chi connectivity index (χ2n) is 6.01. The highest BCUT2D eigenvalue weighted by atomic mass is 32.1. The highest BCUT2D eigenvalue weighted by Crippen LogP contribution is 2.18. The molecule has 1 atom stereocenters. The van der Waals surface area contributed by atoms with Crippen LogP contribution in [0, 0.1) is 6.92 Å². The van der Waals surface area contributed by atoms with Crippen LogP contribution in [0.5, 0.6) is 0 Å². The summed E-state index contributed by atoms with van der Waals surface area (Å²) < 4.78 is 0. The number of hydrogen-bond donors (Lipinski definition) is 3. The second-order valence-corrected chi connectivity index (χ2v) is 7.24. The number of amides is 3. The monoisotopic (exact) mass is 380 g/mol. The maximum absolute atomic E-state index is 12.2. The molecule has 3 amide bonds. The van der Waals surface area contributed by atoms with Gasteiger partial charge in [-0.05, 0) is 43.7 Å². The normalized spacial score (nSPS) is 11.5. The van der Waals surface area contributed by atoms with Crippen molar-refractivity contribution in [2.75, 3.05) is 10.6 Å². The average molecular weight is 380 g/mol. The van der Waals surface area contributed by atoms with Gasteiger partial charge in [-0.25, -0.2) is 9.78 Å². The van der Waals surface area contributed by atoms with Gasteiger partial charge < -0.3 is 16.0 Å². The zero-order valence-electron chi connectivity index (χ0n) is 15.0. The van der Waals surface area contributed by atoms with Crippen molar-refractivity contribution in [2.45, 2.75) is 19.9 Å². The van der Waals surface area contributed by atoms with Crippen molar-refractivity contribution in [1.29, 1.82) is 0 Å². The van der Waals surface area contributed by atoms with Crippen LogP contribution in [-0.4, -0.2) is 16.9 Å². The topological polar surface area (TPSA) is 83.1 Å². The van der Waals surface area contributed by atoms with Gasteiger partial charge in [0.1, 0.15) is 4.88 Å². The van der Waals surface area contributed by atoms with E-state index in [4.69, 9.17) is 0 Å². The molecule has 0 saturated carbocycles. The van der Waals surface area contributed by atoms with Gasteiger partial charge in [0.05, 0.1) is 17.2 Å². The van der Waals surface area contributed by atoms with Crippen LogP contribution in [0.3, 0.4) is 0 Å². The summed E-state index contributed by atoms with van der Waals surface area (Å²) in [5.74, 6) is -0.141. The smallest absolute Gasteiger partial charge is 0.323 e. The maximum Gasteiger partial charge on any atom is 0.323 e. The molecule has 7 heteroatoms. The minimum absolute atomic E-state index is 0.141. The van der Waals surface area contributed by atoms with E-state index in [9.17, 15) is 9.59 Å². The largest absolute Gasteiger partial charge is 0.345 e. The Bertz CT molecular complexity index is 923. The number of thiazole rings is 1. The first-order valence-electron chi connectivity index (χ1n) is 8.47. The molecule has 138 valence electrons. The Labute approximate surface area is 161 Å². The van der Waals surface area contributed by atoms with Crippen LogP contribution in [0.25, 0.3) is 0 Å². The van der Waals surface area contributed by atoms with Crippen molar-refractivity contribution in [2.24, 2.45) is 0 Å². The number of anilines is 2. The van der Waals surface area contributed by atoms with E-state index >= 15 is 0 Å². The number of para-hydroxylation sites is 1. The Kier molecular flexibility index (Phi) is 5.83. The third-order valence-electron chi connectivity index (χ3n) is 3.89. The van der Waals surface area contributed by atoms with Gasteiger partial charge in [-0.1, -0.05) is 30.3 Å². The summed E-state index contributed by atoms with van der Waals surface area (Å²) in [7, 11) is 0. The predicted octanol–water partition coefficient (Wildman–Crippen LogP) is 4.59. The highest BCUT2D eigenvalue weighted by molar-refractivity contribution is 7.13. The number of nitrogens with zero attached hydrogens (tertiary/aromatic N) is 1. The number of carbonyl (C=O) groups is 2. The van der Waals surface area contributed by atoms with Crippen molar-refractivity contribution in [3.8, 4) is 0 Å². The third kappa shape index (κ3) is 5.15. The van der Waals surface area contributed by atoms with Gasteiger partial charge >= 0.3 is 6.03 Å². The zero-order valence-corrected chi connectivity index (χ0v) is 15.8. The molecule has 27 heavy (non-hydrogen) atoms. The van der Waals surface area contributed by atoms with Gasteiger partial charge in [-0.2, -0.15) is 0 Å². The van der Waals surface area contributed by atoms with Gasteiger partial charge in [-0.3, -0.25) is 4.79 Å². The summed E-state index contributed by atoms with van der Waals surface area (Å²) in [4.78, 5) is 28.9. The standard InChI is InChI=1S/C20H20N4O2S/c1-13(22-19(25)18-12-21-14(2)27-18)15-8-10-17(11-9-15)24-20(26)23-16-6-4-3-5-7-16/h3-13H,1-2H3,(H,22,25)(H2,23,24,26). The number of hydrogen-bond acceptors (Lipinski definition) is 4. The number of rotatable bonds is 5. The quantitative estimate of drug-likeness (QED) is 0.605. The molecule has 1 unspecified atom stereocenters. The average Bonchev–Trinajstić information content (AvgIpc) is 3.09. The first-order chi connectivity index (χ1) is 13.0. The molecule has 2 aromatic carbocycles. The van der Waals surface area contributed by atoms with Crippen molar-refractivity contribution < 1.29 is 9.59 Å². The fraction of sp³-hybridized carbons (Fsp3) is 0.150. The first kappa shape index (κ1) is 18.6. The van der Waals surface area contributed by atoms with E-state index in [-0.39, 0.29) is 18.0 Å². The molecule has 0 aliphatic carbocycles. The zero-order chi connectivity index (χ0) is 19.2. The molecule has 1 aromatic heterocycles. The van der Waals surface area contributed by atoms with E-state index in [0.29, 0.717) is 10.6 Å². The van der Waals surface area contributed by atoms with Crippen LogP contribution >= 0.6 is 11.3 Å². The van der Waals surface area contributed by atoms with E-state index in [1.165, 1.54) is 11.3 Å². The number of nitrogens with one attached hydrogen (secondary N) is 3. The number of aromatic nitrogens is 1. The van der Waals surface area contributed by atoms with Gasteiger partial charge in [0.2, 0.25) is 0 Å². The highest BCUT2D eigenvalue weighted by Gasteiger charge is 2.13. The van der Waals surface area contributed by atoms with Crippen LogP contribution in [0.4, 0.5) is 16.2 Å². The molecule has 0 spiro atoms. The molecule has 0 saturated heterocycles. The minimum atomic E-state index is -0.309. The van der Waals surface area contributed by atoms with E-state index in [2.05, 4.69) is 20.9 Å². The minimum Gasteiger partial charge on any atom is -0.345 e. The molecule has 0 fully saturated rings. The van der Waals surface area contributed by atoms with Gasteiger partial charge in [0, 0.05) is 11.4 Å². The van der Waals surface area contributed by atoms with Crippen LogP contribution in [0.2, 0.25) is 0 Å². The summed E-state index contributed by atoms with van der Waals surface area (Å²) >= 11 is 1.37. The Morgan fingerprint density at radius 1 is 0.963 bits per heavy atom. The van der Waals surface area contributed by atoms with E-state index in [0.717, 1.165) is 16.3 Å². The van der Waals surface area contributed by atoms with Gasteiger partial charge in [-0.15, -0.1) is 11.3 Å². The van der Waals surface area contributed by atoms with Gasteiger partial charge in [0.15, 0.2) is 0 Å². The van der Waals surface area contributed by atoms with Gasteiger partial charge in [0.25, 0.3) is 5.91 Å². The van der Waals surface area contributed by atoms with Crippen molar-refractivity contribution in [3.63, 3.8) is 0 Å². The third-order valence-corrected chi connectivity index (χ3v) is 4.80. The summed E-state index contributed by atoms with van der Waals surface area (Å²) in [5, 5.41) is 9.35. The second kappa shape index (κ2) is 8.46. The Morgan fingerprint density at radius 3 is 2.19 bits per heavy atom. The number of aryl methyl sites for hydroxylation is 1. The van der Waals surface area contributed by atoms with E-state index < -0.39 is 0 Å². The Morgan fingerprint density at radius 2 is 1.59 bits per heavy atom. The number of benzene rings is 2. The lowest BCUT2D eigenvalue weighted by Gasteiger charge is -2.14. The SMILES string of the molecule is Cc1ncc(C(=O)NC(C)c2ccc(NC(=O)Nc3ccccc3)cc2)s1. The van der Waals surface area contributed by atoms with E-state index in [1.807, 2.05) is 56.3 Å². The van der Waals surface area contributed by atoms with Crippen LogP contribution in [-0.2, 0) is 0 Å². The van der Waals surface area contributed by atoms with Crippen molar-refractivity contribution >= 4 is 34.6 Å². The fourth-order valence-electron chi connectivity index (χ4n) is 2.49. The molecule has 0 radical (unpaired) electrons. The summed E-state index contributed by atoms with van der Waals surface area (Å²) in [6.07, 6.45) is 1.58. The van der Waals surface area contributed by atoms with Crippen molar-refractivity contribution in [3.05, 3.63) is 76.2 Å². The predicted molar refractivity (Wildman–Crippen MR) is 108 cm³/mol. The molecule has 1 heterocycles. The summed E-state index contributed by atoms with van der Waals surface area (Å²) in [6.45, 7) is 3.78. The lowest BCUT2D eigenvalue weighted by molar-refractivity contribution is 0.0943. The molecule has 0 aliphatic heterocycles. The summed E-state index contributed by atoms with van der Waals surface area (Å²) in [6, 6.07) is 16.1. The van der Waals surface area contributed by atoms with Crippen LogP contribution in [0.1, 0.15) is 33.2 Å². The molecular formula is C20H20N4O2S. The molecule has 3 aromatic rings. The molecule has 0 aliphatic rings. The first-order valence-corrected chi connectivity index (χ1v) is 9.29.